The zero-order valence-corrected chi connectivity index (χ0v) is 11.2. The molecule has 0 aliphatic rings. The van der Waals surface area contributed by atoms with Crippen molar-refractivity contribution in [1.29, 1.82) is 0 Å². The number of carbonyl (C=O) groups is 2. The predicted molar refractivity (Wildman–Crippen MR) is 62.6 cm³/mol. The van der Waals surface area contributed by atoms with Crippen LogP contribution < -0.4 is 0 Å². The van der Waals surface area contributed by atoms with Crippen LogP contribution in [0.25, 0.3) is 0 Å². The maximum Gasteiger partial charge on any atom is 0.509 e. The van der Waals surface area contributed by atoms with Gasteiger partial charge in [-0.25, -0.2) is 9.59 Å². The summed E-state index contributed by atoms with van der Waals surface area (Å²) in [7, 11) is 0. The summed E-state index contributed by atoms with van der Waals surface area (Å²) in [4.78, 5) is 22.8. The van der Waals surface area contributed by atoms with Gasteiger partial charge in [0.15, 0.2) is 0 Å². The lowest BCUT2D eigenvalue weighted by atomic mass is 10.1. The summed E-state index contributed by atoms with van der Waals surface area (Å²) < 4.78 is 14.6. The van der Waals surface area contributed by atoms with Gasteiger partial charge in [0.2, 0.25) is 5.60 Å². The first-order chi connectivity index (χ1) is 7.79. The summed E-state index contributed by atoms with van der Waals surface area (Å²) in [6, 6.07) is 0. The fraction of sp³-hybridized carbons (Fsp3) is 0.833. The van der Waals surface area contributed by atoms with Crippen LogP contribution in [0.3, 0.4) is 0 Å². The Labute approximate surface area is 102 Å². The van der Waals surface area contributed by atoms with Crippen molar-refractivity contribution < 1.29 is 23.8 Å². The minimum Gasteiger partial charge on any atom is -0.462 e. The van der Waals surface area contributed by atoms with Crippen LogP contribution in [-0.4, -0.2) is 30.9 Å². The number of hydrogen-bond acceptors (Lipinski definition) is 5. The van der Waals surface area contributed by atoms with Gasteiger partial charge in [0.25, 0.3) is 0 Å². The average molecular weight is 246 g/mol. The van der Waals surface area contributed by atoms with Crippen molar-refractivity contribution in [1.82, 2.24) is 0 Å². The Hall–Kier alpha value is -1.26. The van der Waals surface area contributed by atoms with E-state index in [0.29, 0.717) is 13.0 Å². The van der Waals surface area contributed by atoms with Gasteiger partial charge in [-0.1, -0.05) is 20.8 Å². The molecular formula is C12H22O5. The fourth-order valence-electron chi connectivity index (χ4n) is 0.881. The molecule has 0 amide bonds. The highest BCUT2D eigenvalue weighted by Gasteiger charge is 2.34. The van der Waals surface area contributed by atoms with Crippen LogP contribution in [-0.2, 0) is 19.0 Å². The number of hydrogen-bond donors (Lipinski definition) is 0. The molecule has 0 aliphatic carbocycles. The molecule has 100 valence electrons. The van der Waals surface area contributed by atoms with E-state index in [4.69, 9.17) is 14.2 Å². The van der Waals surface area contributed by atoms with Crippen molar-refractivity contribution in [2.24, 2.45) is 5.92 Å². The van der Waals surface area contributed by atoms with Crippen molar-refractivity contribution >= 4 is 12.1 Å². The van der Waals surface area contributed by atoms with Crippen LogP contribution in [0, 0.1) is 5.92 Å². The molecule has 5 heteroatoms. The monoisotopic (exact) mass is 246 g/mol. The smallest absolute Gasteiger partial charge is 0.462 e. The lowest BCUT2D eigenvalue weighted by Gasteiger charge is -2.22. The normalized spacial score (nSPS) is 11.2. The van der Waals surface area contributed by atoms with Crippen LogP contribution in [0.15, 0.2) is 0 Å². The van der Waals surface area contributed by atoms with Crippen molar-refractivity contribution in [3.63, 3.8) is 0 Å². The summed E-state index contributed by atoms with van der Waals surface area (Å²) in [6.45, 7) is 9.25. The summed E-state index contributed by atoms with van der Waals surface area (Å²) in [5.41, 5.74) is -1.32. The van der Waals surface area contributed by atoms with Crippen LogP contribution in [0.5, 0.6) is 0 Å². The van der Waals surface area contributed by atoms with Gasteiger partial charge in [-0.3, -0.25) is 0 Å². The van der Waals surface area contributed by atoms with Crippen LogP contribution in [0.2, 0.25) is 0 Å². The fourth-order valence-corrected chi connectivity index (χ4v) is 0.881. The van der Waals surface area contributed by atoms with E-state index in [-0.39, 0.29) is 12.5 Å². The number of ether oxygens (including phenoxy) is 3. The molecule has 0 aromatic rings. The van der Waals surface area contributed by atoms with E-state index in [1.54, 1.807) is 0 Å². The third-order valence-electron chi connectivity index (χ3n) is 1.80. The summed E-state index contributed by atoms with van der Waals surface area (Å²) in [5, 5.41) is 0. The van der Waals surface area contributed by atoms with E-state index in [9.17, 15) is 9.59 Å². The maximum atomic E-state index is 11.6. The van der Waals surface area contributed by atoms with Crippen LogP contribution in [0.1, 0.15) is 41.0 Å². The van der Waals surface area contributed by atoms with E-state index >= 15 is 0 Å². The standard InChI is InChI=1S/C12H22O5/c1-6-7-15-11(14)17-12(4,5)10(13)16-8-9(2)3/h9H,6-8H2,1-5H3. The van der Waals surface area contributed by atoms with Gasteiger partial charge in [0.05, 0.1) is 13.2 Å². The van der Waals surface area contributed by atoms with E-state index in [1.807, 2.05) is 20.8 Å². The molecule has 0 N–H and O–H groups in total. The van der Waals surface area contributed by atoms with Crippen LogP contribution in [0.4, 0.5) is 4.79 Å². The Kier molecular flexibility index (Phi) is 6.61. The molecule has 0 aromatic carbocycles. The number of esters is 1. The third-order valence-corrected chi connectivity index (χ3v) is 1.80. The summed E-state index contributed by atoms with van der Waals surface area (Å²) >= 11 is 0. The zero-order valence-electron chi connectivity index (χ0n) is 11.2. The molecule has 0 spiro atoms. The maximum absolute atomic E-state index is 11.6. The average Bonchev–Trinajstić information content (AvgIpc) is 2.22. The summed E-state index contributed by atoms with van der Waals surface area (Å²) in [5.74, 6) is -0.332. The lowest BCUT2D eigenvalue weighted by molar-refractivity contribution is -0.165. The van der Waals surface area contributed by atoms with Gasteiger partial charge < -0.3 is 14.2 Å². The Morgan fingerprint density at radius 3 is 2.24 bits per heavy atom. The van der Waals surface area contributed by atoms with Gasteiger partial charge in [-0.2, -0.15) is 0 Å². The van der Waals surface area contributed by atoms with E-state index < -0.39 is 17.7 Å². The Morgan fingerprint density at radius 1 is 1.18 bits per heavy atom. The molecule has 0 saturated heterocycles. The lowest BCUT2D eigenvalue weighted by Crippen LogP contribution is -2.39. The molecule has 0 saturated carbocycles. The molecule has 0 radical (unpaired) electrons. The molecule has 0 aromatic heterocycles. The minimum absolute atomic E-state index is 0.238. The van der Waals surface area contributed by atoms with Crippen LogP contribution >= 0.6 is 0 Å². The molecule has 0 unspecified atom stereocenters. The van der Waals surface area contributed by atoms with Gasteiger partial charge in [-0.15, -0.1) is 0 Å². The molecular weight excluding hydrogens is 224 g/mol. The topological polar surface area (TPSA) is 61.8 Å². The summed E-state index contributed by atoms with van der Waals surface area (Å²) in [6.07, 6.45) is -0.147. The zero-order chi connectivity index (χ0) is 13.5. The van der Waals surface area contributed by atoms with E-state index in [0.717, 1.165) is 0 Å². The predicted octanol–water partition coefficient (Wildman–Crippen LogP) is 2.53. The molecule has 0 fully saturated rings. The molecule has 0 bridgehead atoms. The molecule has 0 atom stereocenters. The van der Waals surface area contributed by atoms with Crippen molar-refractivity contribution in [3.05, 3.63) is 0 Å². The first kappa shape index (κ1) is 15.7. The van der Waals surface area contributed by atoms with Gasteiger partial charge in [0.1, 0.15) is 0 Å². The van der Waals surface area contributed by atoms with E-state index in [1.165, 1.54) is 13.8 Å². The quantitative estimate of drug-likeness (QED) is 0.674. The van der Waals surface area contributed by atoms with Crippen molar-refractivity contribution in [3.8, 4) is 0 Å². The second kappa shape index (κ2) is 7.14. The molecule has 0 aliphatic heterocycles. The Morgan fingerprint density at radius 2 is 1.76 bits per heavy atom. The first-order valence-electron chi connectivity index (χ1n) is 5.82. The SMILES string of the molecule is CCCOC(=O)OC(C)(C)C(=O)OCC(C)C. The number of rotatable bonds is 6. The van der Waals surface area contributed by atoms with Crippen molar-refractivity contribution in [2.45, 2.75) is 46.6 Å². The molecule has 17 heavy (non-hydrogen) atoms. The molecule has 0 rings (SSSR count). The Balaban J connectivity index is 4.16. The molecule has 0 heterocycles. The van der Waals surface area contributed by atoms with Gasteiger partial charge in [-0.05, 0) is 26.2 Å². The second-order valence-corrected chi connectivity index (χ2v) is 4.70. The van der Waals surface area contributed by atoms with Crippen molar-refractivity contribution in [2.75, 3.05) is 13.2 Å². The highest BCUT2D eigenvalue weighted by Crippen LogP contribution is 2.13. The second-order valence-electron chi connectivity index (χ2n) is 4.70. The third kappa shape index (κ3) is 6.81. The highest BCUT2D eigenvalue weighted by molar-refractivity contribution is 5.81. The highest BCUT2D eigenvalue weighted by atomic mass is 16.7. The van der Waals surface area contributed by atoms with Gasteiger partial charge >= 0.3 is 12.1 Å². The van der Waals surface area contributed by atoms with E-state index in [2.05, 4.69) is 0 Å². The molecule has 5 nitrogen and oxygen atoms in total. The van der Waals surface area contributed by atoms with Gasteiger partial charge in [0, 0.05) is 0 Å². The largest absolute Gasteiger partial charge is 0.509 e. The minimum atomic E-state index is -1.32. The Bertz CT molecular complexity index is 258. The number of carbonyl (C=O) groups excluding carboxylic acids is 2. The first-order valence-corrected chi connectivity index (χ1v) is 5.82.